The molecule has 2 fully saturated rings. The van der Waals surface area contributed by atoms with Crippen LogP contribution in [0.25, 0.3) is 22.3 Å². The van der Waals surface area contributed by atoms with Gasteiger partial charge in [-0.05, 0) is 87.2 Å². The van der Waals surface area contributed by atoms with Crippen LogP contribution in [0.3, 0.4) is 0 Å². The van der Waals surface area contributed by atoms with E-state index in [0.717, 1.165) is 54.8 Å². The van der Waals surface area contributed by atoms with Crippen molar-refractivity contribution in [3.05, 3.63) is 77.1 Å². The van der Waals surface area contributed by atoms with Gasteiger partial charge in [-0.25, -0.2) is 18.4 Å². The average molecular weight is 836 g/mol. The van der Waals surface area contributed by atoms with Crippen molar-refractivity contribution in [3.63, 3.8) is 0 Å². The molecule has 0 radical (unpaired) electrons. The highest BCUT2D eigenvalue weighted by atomic mass is 19.1. The number of carbonyl (C=O) groups is 3. The van der Waals surface area contributed by atoms with Gasteiger partial charge in [-0.3, -0.25) is 34.9 Å². The van der Waals surface area contributed by atoms with Gasteiger partial charge in [-0.1, -0.05) is 6.92 Å². The summed E-state index contributed by atoms with van der Waals surface area (Å²) in [5.74, 6) is -2.76. The van der Waals surface area contributed by atoms with Crippen LogP contribution in [-0.2, 0) is 23.2 Å². The van der Waals surface area contributed by atoms with E-state index in [9.17, 15) is 14.4 Å². The fourth-order valence-electron chi connectivity index (χ4n) is 8.68. The van der Waals surface area contributed by atoms with E-state index in [1.54, 1.807) is 30.1 Å². The first-order valence-electron chi connectivity index (χ1n) is 20.9. The van der Waals surface area contributed by atoms with Gasteiger partial charge in [-0.15, -0.1) is 0 Å². The largest absolute Gasteiger partial charge is 0.477 e. The van der Waals surface area contributed by atoms with E-state index >= 15 is 8.78 Å². The van der Waals surface area contributed by atoms with Crippen LogP contribution in [0.5, 0.6) is 5.88 Å². The number of rotatable bonds is 8. The Bertz CT molecular complexity index is 2480. The lowest BCUT2D eigenvalue weighted by Gasteiger charge is -2.42. The number of amides is 3. The maximum atomic E-state index is 15.2. The first kappa shape index (κ1) is 41.5. The van der Waals surface area contributed by atoms with Crippen molar-refractivity contribution >= 4 is 52.3 Å². The Morgan fingerprint density at radius 2 is 1.84 bits per heavy atom. The van der Waals surface area contributed by atoms with Gasteiger partial charge in [0.15, 0.2) is 0 Å². The quantitative estimate of drug-likeness (QED) is 0.131. The fraction of sp³-hybridized carbons (Fsp3) is 0.432. The number of hydrogen-bond acceptors (Lipinski definition) is 11. The zero-order chi connectivity index (χ0) is 42.8. The van der Waals surface area contributed by atoms with E-state index in [2.05, 4.69) is 59.5 Å². The van der Waals surface area contributed by atoms with Crippen LogP contribution in [0.2, 0.25) is 0 Å². The summed E-state index contributed by atoms with van der Waals surface area (Å²) in [6.45, 7) is 8.46. The summed E-state index contributed by atoms with van der Waals surface area (Å²) in [7, 11) is 3.59. The van der Waals surface area contributed by atoms with Gasteiger partial charge in [0, 0.05) is 94.0 Å². The second kappa shape index (κ2) is 17.8. The van der Waals surface area contributed by atoms with E-state index in [1.807, 2.05) is 26.3 Å². The Hall–Kier alpha value is -6.23. The normalized spacial score (nSPS) is 20.4. The Kier molecular flexibility index (Phi) is 12.1. The molecule has 61 heavy (non-hydrogen) atoms. The molecule has 8 rings (SSSR count). The summed E-state index contributed by atoms with van der Waals surface area (Å²) >= 11 is 0. The molecule has 0 spiro atoms. The number of ether oxygens (including phenoxy) is 1. The van der Waals surface area contributed by atoms with Crippen molar-refractivity contribution in [2.24, 2.45) is 18.0 Å². The van der Waals surface area contributed by atoms with Crippen LogP contribution in [-0.4, -0.2) is 106 Å². The summed E-state index contributed by atoms with van der Waals surface area (Å²) in [6.07, 6.45) is 6.16. The lowest BCUT2D eigenvalue weighted by Crippen LogP contribution is -2.54. The number of hydrogen-bond donors (Lipinski definition) is 3. The molecule has 2 aromatic carbocycles. The minimum absolute atomic E-state index is 0.0330. The lowest BCUT2D eigenvalue weighted by molar-refractivity contribution is -0.134. The van der Waals surface area contributed by atoms with Crippen molar-refractivity contribution in [1.29, 1.82) is 0 Å². The van der Waals surface area contributed by atoms with Crippen LogP contribution >= 0.6 is 0 Å². The van der Waals surface area contributed by atoms with Crippen LogP contribution < -0.4 is 25.6 Å². The van der Waals surface area contributed by atoms with E-state index in [0.29, 0.717) is 61.4 Å². The lowest BCUT2D eigenvalue weighted by atomic mass is 9.89. The number of imidazole rings is 1. The highest BCUT2D eigenvalue weighted by Gasteiger charge is 2.33. The average Bonchev–Trinajstić information content (AvgIpc) is 3.76. The number of benzene rings is 2. The predicted octanol–water partition coefficient (Wildman–Crippen LogP) is 5.69. The topological polar surface area (TPSA) is 164 Å². The molecule has 6 heterocycles. The van der Waals surface area contributed by atoms with Crippen molar-refractivity contribution in [2.75, 3.05) is 61.9 Å². The van der Waals surface area contributed by atoms with E-state index < -0.39 is 29.4 Å². The molecular formula is C44H51F2N11O4. The number of carbonyl (C=O) groups excluding carboxylic acids is 3. The maximum absolute atomic E-state index is 15.2. The van der Waals surface area contributed by atoms with Crippen molar-refractivity contribution in [3.8, 4) is 17.1 Å². The van der Waals surface area contributed by atoms with Crippen molar-refractivity contribution < 1.29 is 27.9 Å². The number of aryl methyl sites for hydroxylation is 2. The standard InChI is InChI=1S/C44H51F2N11O4/c1-26-6-5-17-61-43-33(23-49-54(43)4)37-19-28(18-27(2)50-37)41(59)53-44-51-36-9-7-30(22-38(36)57(44)24-26)56-16-15-55(31(25-56)11-12-47-3)14-13-48-29-20-34(45)40(35(46)21-29)32-8-10-39(58)52-42(32)60/h7,9,12,18-23,26,31-32,48H,5-6,8,10-11,13-17,24-25H2,1-4H3,(H,51,53,59)(H,52,58,60)/t26-,31-,32-/m1/s1. The fourth-order valence-corrected chi connectivity index (χ4v) is 8.68. The smallest absolute Gasteiger partial charge is 0.258 e. The number of halogens is 2. The van der Waals surface area contributed by atoms with E-state index in [-0.39, 0.29) is 42.0 Å². The third-order valence-corrected chi connectivity index (χ3v) is 11.8. The van der Waals surface area contributed by atoms with Gasteiger partial charge in [0.05, 0.1) is 41.0 Å². The monoisotopic (exact) mass is 835 g/mol. The number of imide groups is 1. The van der Waals surface area contributed by atoms with Crippen LogP contribution in [0, 0.1) is 24.5 Å². The summed E-state index contributed by atoms with van der Waals surface area (Å²) in [5.41, 5.74) is 5.19. The summed E-state index contributed by atoms with van der Waals surface area (Å²) < 4.78 is 40.4. The Balaban J connectivity index is 0.989. The molecule has 3 N–H and O–H groups in total. The third kappa shape index (κ3) is 8.97. The Morgan fingerprint density at radius 3 is 2.62 bits per heavy atom. The molecule has 3 aliphatic heterocycles. The Morgan fingerprint density at radius 1 is 1.02 bits per heavy atom. The van der Waals surface area contributed by atoms with Gasteiger partial charge >= 0.3 is 0 Å². The van der Waals surface area contributed by atoms with Gasteiger partial charge in [-0.2, -0.15) is 5.10 Å². The molecule has 3 aliphatic rings. The zero-order valence-corrected chi connectivity index (χ0v) is 34.9. The molecule has 3 atom stereocenters. The van der Waals surface area contributed by atoms with Gasteiger partial charge in [0.2, 0.25) is 23.6 Å². The van der Waals surface area contributed by atoms with Crippen LogP contribution in [0.15, 0.2) is 53.7 Å². The molecule has 3 aromatic heterocycles. The van der Waals surface area contributed by atoms with Gasteiger partial charge < -0.3 is 24.5 Å². The number of piperazine rings is 1. The van der Waals surface area contributed by atoms with Crippen molar-refractivity contribution in [2.45, 2.75) is 64.5 Å². The Labute approximate surface area is 352 Å². The van der Waals surface area contributed by atoms with Gasteiger partial charge in [0.1, 0.15) is 11.6 Å². The summed E-state index contributed by atoms with van der Waals surface area (Å²) in [5, 5.41) is 12.9. The van der Waals surface area contributed by atoms with E-state index in [4.69, 9.17) is 14.7 Å². The van der Waals surface area contributed by atoms with Crippen LogP contribution in [0.1, 0.15) is 66.6 Å². The summed E-state index contributed by atoms with van der Waals surface area (Å²) in [6, 6.07) is 12.3. The molecule has 0 aliphatic carbocycles. The number of piperidine rings is 1. The van der Waals surface area contributed by atoms with Crippen molar-refractivity contribution in [1.82, 2.24) is 34.5 Å². The highest BCUT2D eigenvalue weighted by molar-refractivity contribution is 6.05. The number of aromatic nitrogens is 5. The van der Waals surface area contributed by atoms with Crippen LogP contribution in [0.4, 0.5) is 26.1 Å². The second-order valence-corrected chi connectivity index (χ2v) is 16.2. The summed E-state index contributed by atoms with van der Waals surface area (Å²) in [4.78, 5) is 56.4. The molecule has 17 heteroatoms. The molecule has 2 bridgehead atoms. The number of anilines is 3. The predicted molar refractivity (Wildman–Crippen MR) is 229 cm³/mol. The molecule has 2 saturated heterocycles. The SMILES string of the molecule is CN=CC[C@@H]1CN(c2ccc3nc4n(c3c2)C[C@H](C)CCCOc2c(cnn2C)-c2cc(cc(C)n2)C(=O)N4)CCN1CCNc1cc(F)c([C@H]2CCC(=O)NC2=O)c(F)c1. The number of pyridine rings is 1. The minimum atomic E-state index is -1.05. The first-order chi connectivity index (χ1) is 29.4. The molecule has 320 valence electrons. The second-order valence-electron chi connectivity index (χ2n) is 16.2. The maximum Gasteiger partial charge on any atom is 0.258 e. The molecule has 0 saturated carbocycles. The molecular weight excluding hydrogens is 785 g/mol. The third-order valence-electron chi connectivity index (χ3n) is 11.8. The van der Waals surface area contributed by atoms with Gasteiger partial charge in [0.25, 0.3) is 5.91 Å². The number of fused-ring (bicyclic) bond motifs is 7. The first-order valence-corrected chi connectivity index (χ1v) is 20.9. The molecule has 5 aromatic rings. The molecule has 15 nitrogen and oxygen atoms in total. The number of nitrogens with one attached hydrogen (secondary N) is 3. The number of aliphatic imine (C=N–C) groups is 1. The minimum Gasteiger partial charge on any atom is -0.477 e. The molecule has 0 unspecified atom stereocenters. The number of nitrogens with zero attached hydrogens (tertiary/aromatic N) is 8. The molecule has 3 amide bonds. The zero-order valence-electron chi connectivity index (χ0n) is 34.9. The van der Waals surface area contributed by atoms with E-state index in [1.165, 1.54) is 12.1 Å². The highest BCUT2D eigenvalue weighted by Crippen LogP contribution is 2.34.